The van der Waals surface area contributed by atoms with E-state index in [9.17, 15) is 14.4 Å². The normalized spacial score (nSPS) is 29.5. The Balaban J connectivity index is 1.78. The molecule has 0 aromatic rings. The van der Waals surface area contributed by atoms with Gasteiger partial charge >= 0.3 is 12.1 Å². The van der Waals surface area contributed by atoms with Crippen LogP contribution in [0.15, 0.2) is 0 Å². The van der Waals surface area contributed by atoms with Crippen LogP contribution in [0, 0.1) is 17.3 Å². The number of carbonyl (C=O) groups excluding carboxylic acids is 3. The molecular formula is C21H34N2O6. The van der Waals surface area contributed by atoms with Gasteiger partial charge in [0, 0.05) is 12.5 Å². The number of nitrogens with zero attached hydrogens (tertiary/aromatic N) is 1. The van der Waals surface area contributed by atoms with Gasteiger partial charge in [-0.05, 0) is 51.9 Å². The van der Waals surface area contributed by atoms with Crippen molar-refractivity contribution in [3.63, 3.8) is 0 Å². The zero-order valence-electron chi connectivity index (χ0n) is 18.5. The fourth-order valence-corrected chi connectivity index (χ4v) is 4.48. The van der Waals surface area contributed by atoms with Gasteiger partial charge in [-0.2, -0.15) is 0 Å². The number of piperidine rings is 1. The van der Waals surface area contributed by atoms with Crippen LogP contribution in [0.2, 0.25) is 0 Å². The lowest BCUT2D eigenvalue weighted by Gasteiger charge is -2.34. The van der Waals surface area contributed by atoms with Crippen LogP contribution in [0.5, 0.6) is 0 Å². The minimum absolute atomic E-state index is 0.000143. The molecule has 1 aliphatic heterocycles. The monoisotopic (exact) mass is 410 g/mol. The topological polar surface area (TPSA) is 94.2 Å². The Kier molecular flexibility index (Phi) is 5.62. The Morgan fingerprint density at radius 1 is 1.17 bits per heavy atom. The van der Waals surface area contributed by atoms with Crippen LogP contribution in [0.4, 0.5) is 4.79 Å². The molecule has 3 fully saturated rings. The average molecular weight is 411 g/mol. The predicted octanol–water partition coefficient (Wildman–Crippen LogP) is 2.10. The SMILES string of the molecule is COC(=O)[C@@H]1[C@@H]2[C@H](CN1C(=O)C(NC(=O)OC(C)(C)C)[C@@H](C)OC1CC1)C2(C)C. The van der Waals surface area contributed by atoms with E-state index in [2.05, 4.69) is 19.2 Å². The van der Waals surface area contributed by atoms with Gasteiger partial charge in [-0.1, -0.05) is 13.8 Å². The van der Waals surface area contributed by atoms with E-state index in [4.69, 9.17) is 14.2 Å². The predicted molar refractivity (Wildman–Crippen MR) is 105 cm³/mol. The molecule has 1 N–H and O–H groups in total. The maximum atomic E-state index is 13.5. The number of fused-ring (bicyclic) bond motifs is 1. The van der Waals surface area contributed by atoms with Crippen LogP contribution in [0.1, 0.15) is 54.4 Å². The molecule has 0 radical (unpaired) electrons. The second-order valence-corrected chi connectivity index (χ2v) is 10.1. The molecule has 1 saturated heterocycles. The minimum Gasteiger partial charge on any atom is -0.467 e. The molecule has 3 aliphatic rings. The summed E-state index contributed by atoms with van der Waals surface area (Å²) < 4.78 is 16.2. The minimum atomic E-state index is -0.932. The van der Waals surface area contributed by atoms with Gasteiger partial charge in [0.15, 0.2) is 0 Å². The van der Waals surface area contributed by atoms with Crippen molar-refractivity contribution in [3.05, 3.63) is 0 Å². The first-order valence-corrected chi connectivity index (χ1v) is 10.4. The largest absolute Gasteiger partial charge is 0.467 e. The summed E-state index contributed by atoms with van der Waals surface area (Å²) in [4.78, 5) is 39.9. The van der Waals surface area contributed by atoms with Crippen LogP contribution in [0.25, 0.3) is 0 Å². The Hall–Kier alpha value is -1.83. The number of amides is 2. The third kappa shape index (κ3) is 4.52. The molecule has 1 unspecified atom stereocenters. The van der Waals surface area contributed by atoms with E-state index in [0.29, 0.717) is 6.54 Å². The fourth-order valence-electron chi connectivity index (χ4n) is 4.48. The zero-order valence-corrected chi connectivity index (χ0v) is 18.5. The van der Waals surface area contributed by atoms with Crippen molar-refractivity contribution >= 4 is 18.0 Å². The number of carbonyl (C=O) groups is 3. The summed E-state index contributed by atoms with van der Waals surface area (Å²) in [6, 6.07) is -1.57. The van der Waals surface area contributed by atoms with E-state index in [1.807, 2.05) is 0 Å². The van der Waals surface area contributed by atoms with Gasteiger partial charge in [0.2, 0.25) is 5.91 Å². The standard InChI is InChI=1S/C21H34N2O6/c1-11(28-12-8-9-12)15(22-19(26)29-20(2,3)4)17(24)23-10-13-14(21(13,5)6)16(23)18(25)27-7/h11-16H,8-10H2,1-7H3,(H,22,26)/t11-,13+,14+,15?,16+/m1/s1. The highest BCUT2D eigenvalue weighted by Crippen LogP contribution is 2.65. The van der Waals surface area contributed by atoms with Gasteiger partial charge in [-0.15, -0.1) is 0 Å². The summed E-state index contributed by atoms with van der Waals surface area (Å²) in [6.45, 7) is 11.7. The van der Waals surface area contributed by atoms with Crippen molar-refractivity contribution in [1.82, 2.24) is 10.2 Å². The molecular weight excluding hydrogens is 376 g/mol. The maximum absolute atomic E-state index is 13.5. The molecule has 1 heterocycles. The molecule has 3 rings (SSSR count). The van der Waals surface area contributed by atoms with Gasteiger partial charge in [0.05, 0.1) is 19.3 Å². The molecule has 164 valence electrons. The number of alkyl carbamates (subject to hydrolysis) is 1. The molecule has 2 amide bonds. The molecule has 8 nitrogen and oxygen atoms in total. The molecule has 0 spiro atoms. The van der Waals surface area contributed by atoms with Crippen molar-refractivity contribution in [2.75, 3.05) is 13.7 Å². The lowest BCUT2D eigenvalue weighted by molar-refractivity contribution is -0.155. The molecule has 8 heteroatoms. The smallest absolute Gasteiger partial charge is 0.408 e. The van der Waals surface area contributed by atoms with Crippen molar-refractivity contribution in [2.45, 2.75) is 84.3 Å². The second-order valence-electron chi connectivity index (χ2n) is 10.1. The highest BCUT2D eigenvalue weighted by Gasteiger charge is 2.70. The Labute approximate surface area is 172 Å². The summed E-state index contributed by atoms with van der Waals surface area (Å²) in [5.41, 5.74) is -0.689. The Morgan fingerprint density at radius 3 is 2.31 bits per heavy atom. The van der Waals surface area contributed by atoms with Gasteiger partial charge in [-0.25, -0.2) is 9.59 Å². The quantitative estimate of drug-likeness (QED) is 0.674. The van der Waals surface area contributed by atoms with Gasteiger partial charge < -0.3 is 24.4 Å². The molecule has 0 bridgehead atoms. The number of hydrogen-bond donors (Lipinski definition) is 1. The maximum Gasteiger partial charge on any atom is 0.408 e. The lowest BCUT2D eigenvalue weighted by atomic mass is 9.99. The second kappa shape index (κ2) is 7.45. The van der Waals surface area contributed by atoms with E-state index in [1.165, 1.54) is 7.11 Å². The van der Waals surface area contributed by atoms with Crippen molar-refractivity contribution < 1.29 is 28.6 Å². The summed E-state index contributed by atoms with van der Waals surface area (Å²) in [7, 11) is 1.34. The number of ether oxygens (including phenoxy) is 3. The van der Waals surface area contributed by atoms with Crippen LogP contribution in [-0.4, -0.2) is 66.4 Å². The van der Waals surface area contributed by atoms with E-state index >= 15 is 0 Å². The molecule has 0 aromatic heterocycles. The first-order valence-electron chi connectivity index (χ1n) is 10.4. The number of esters is 1. The van der Waals surface area contributed by atoms with Crippen molar-refractivity contribution in [2.24, 2.45) is 17.3 Å². The van der Waals surface area contributed by atoms with E-state index < -0.39 is 35.9 Å². The fraction of sp³-hybridized carbons (Fsp3) is 0.857. The van der Waals surface area contributed by atoms with E-state index in [-0.39, 0.29) is 29.3 Å². The molecule has 5 atom stereocenters. The number of likely N-dealkylation sites (tertiary alicyclic amines) is 1. The number of hydrogen-bond acceptors (Lipinski definition) is 6. The highest BCUT2D eigenvalue weighted by atomic mass is 16.6. The number of rotatable bonds is 6. The molecule has 2 aliphatic carbocycles. The number of methoxy groups -OCH3 is 1. The molecule has 29 heavy (non-hydrogen) atoms. The Morgan fingerprint density at radius 2 is 1.79 bits per heavy atom. The first-order chi connectivity index (χ1) is 13.4. The summed E-state index contributed by atoms with van der Waals surface area (Å²) in [6.07, 6.45) is 0.796. The van der Waals surface area contributed by atoms with Gasteiger partial charge in [0.1, 0.15) is 17.7 Å². The van der Waals surface area contributed by atoms with Crippen molar-refractivity contribution in [3.8, 4) is 0 Å². The van der Waals surface area contributed by atoms with E-state index in [0.717, 1.165) is 12.8 Å². The third-order valence-corrected chi connectivity index (χ3v) is 6.27. The van der Waals surface area contributed by atoms with Crippen LogP contribution < -0.4 is 5.32 Å². The molecule has 0 aromatic carbocycles. The Bertz CT molecular complexity index is 681. The highest BCUT2D eigenvalue weighted by molar-refractivity contribution is 5.91. The third-order valence-electron chi connectivity index (χ3n) is 6.27. The average Bonchev–Trinajstić information content (AvgIpc) is 3.44. The van der Waals surface area contributed by atoms with E-state index in [1.54, 1.807) is 32.6 Å². The lowest BCUT2D eigenvalue weighted by Crippen LogP contribution is -2.58. The summed E-state index contributed by atoms with van der Waals surface area (Å²) in [5, 5.41) is 2.68. The van der Waals surface area contributed by atoms with Crippen LogP contribution in [0.3, 0.4) is 0 Å². The summed E-state index contributed by atoms with van der Waals surface area (Å²) in [5.74, 6) is -0.427. The van der Waals surface area contributed by atoms with Crippen LogP contribution in [-0.2, 0) is 23.8 Å². The van der Waals surface area contributed by atoms with Gasteiger partial charge in [0.25, 0.3) is 0 Å². The van der Waals surface area contributed by atoms with Gasteiger partial charge in [-0.3, -0.25) is 4.79 Å². The molecule has 2 saturated carbocycles. The van der Waals surface area contributed by atoms with Crippen molar-refractivity contribution in [1.29, 1.82) is 0 Å². The summed E-state index contributed by atoms with van der Waals surface area (Å²) >= 11 is 0. The van der Waals surface area contributed by atoms with Crippen LogP contribution >= 0.6 is 0 Å². The number of nitrogens with one attached hydrogen (secondary N) is 1. The zero-order chi connectivity index (χ0) is 21.7. The first kappa shape index (κ1) is 21.9.